The van der Waals surface area contributed by atoms with Gasteiger partial charge in [0.2, 0.25) is 5.78 Å². The van der Waals surface area contributed by atoms with Gasteiger partial charge in [0.15, 0.2) is 5.76 Å². The fourth-order valence-corrected chi connectivity index (χ4v) is 3.67. The number of carbonyl (C=O) groups is 2. The summed E-state index contributed by atoms with van der Waals surface area (Å²) in [6, 6.07) is 13.6. The zero-order valence-corrected chi connectivity index (χ0v) is 17.4. The standard InChI is InChI=1S/C25H18N2O5/c1-27-14-16(20-12-17(30-2)4-6-21(20)27)11-23-24(28)19-5-3-18(13-22(19)32-23)31-25(29)15-7-9-26-10-8-15/h3-14H,1-2H3/b23-11-. The Balaban J connectivity index is 1.44. The lowest BCUT2D eigenvalue weighted by Gasteiger charge is -2.05. The molecule has 0 N–H and O–H groups in total. The van der Waals surface area contributed by atoms with Crippen LogP contribution in [0.3, 0.4) is 0 Å². The molecule has 1 aliphatic heterocycles. The molecule has 0 saturated carbocycles. The Hall–Kier alpha value is -4.39. The molecule has 32 heavy (non-hydrogen) atoms. The van der Waals surface area contributed by atoms with Gasteiger partial charge in [-0.05, 0) is 48.5 Å². The number of nitrogens with zero attached hydrogens (tertiary/aromatic N) is 2. The molecule has 7 heteroatoms. The van der Waals surface area contributed by atoms with E-state index in [2.05, 4.69) is 4.98 Å². The van der Waals surface area contributed by atoms with Crippen molar-refractivity contribution in [1.29, 1.82) is 0 Å². The van der Waals surface area contributed by atoms with Crippen molar-refractivity contribution >= 4 is 28.7 Å². The van der Waals surface area contributed by atoms with E-state index in [1.54, 1.807) is 43.5 Å². The van der Waals surface area contributed by atoms with Crippen molar-refractivity contribution in [1.82, 2.24) is 9.55 Å². The van der Waals surface area contributed by atoms with Crippen molar-refractivity contribution in [2.45, 2.75) is 0 Å². The fraction of sp³-hybridized carbons (Fsp3) is 0.0800. The molecule has 158 valence electrons. The van der Waals surface area contributed by atoms with Gasteiger partial charge in [-0.1, -0.05) is 0 Å². The number of rotatable bonds is 4. The van der Waals surface area contributed by atoms with Gasteiger partial charge in [-0.3, -0.25) is 9.78 Å². The second-order valence-electron chi connectivity index (χ2n) is 7.30. The lowest BCUT2D eigenvalue weighted by molar-refractivity contribution is 0.0734. The molecule has 1 aliphatic rings. The predicted molar refractivity (Wildman–Crippen MR) is 118 cm³/mol. The van der Waals surface area contributed by atoms with Gasteiger partial charge in [-0.25, -0.2) is 4.79 Å². The Morgan fingerprint density at radius 1 is 1.06 bits per heavy atom. The fourth-order valence-electron chi connectivity index (χ4n) is 3.67. The molecule has 0 radical (unpaired) electrons. The van der Waals surface area contributed by atoms with Gasteiger partial charge in [0.05, 0.1) is 18.2 Å². The lowest BCUT2D eigenvalue weighted by atomic mass is 10.1. The number of Topliss-reactive ketones (excluding diaryl/α,β-unsaturated/α-hetero) is 1. The maximum atomic E-state index is 12.9. The summed E-state index contributed by atoms with van der Waals surface area (Å²) in [5, 5.41) is 0.943. The van der Waals surface area contributed by atoms with E-state index in [1.165, 1.54) is 12.4 Å². The number of fused-ring (bicyclic) bond motifs is 2. The van der Waals surface area contributed by atoms with Crippen LogP contribution in [0.5, 0.6) is 17.2 Å². The Bertz CT molecular complexity index is 1400. The summed E-state index contributed by atoms with van der Waals surface area (Å²) in [6.45, 7) is 0. The zero-order valence-electron chi connectivity index (χ0n) is 17.4. The highest BCUT2D eigenvalue weighted by atomic mass is 16.5. The first-order valence-electron chi connectivity index (χ1n) is 9.87. The number of hydrogen-bond acceptors (Lipinski definition) is 6. The molecule has 3 heterocycles. The van der Waals surface area contributed by atoms with Crippen LogP contribution in [0.4, 0.5) is 0 Å². The van der Waals surface area contributed by atoms with Gasteiger partial charge in [0, 0.05) is 48.2 Å². The van der Waals surface area contributed by atoms with Crippen molar-refractivity contribution < 1.29 is 23.8 Å². The summed E-state index contributed by atoms with van der Waals surface area (Å²) >= 11 is 0. The molecule has 4 aromatic rings. The number of aromatic nitrogens is 2. The first-order chi connectivity index (χ1) is 15.5. The molecule has 0 bridgehead atoms. The van der Waals surface area contributed by atoms with E-state index in [4.69, 9.17) is 14.2 Å². The van der Waals surface area contributed by atoms with Crippen LogP contribution in [-0.4, -0.2) is 28.4 Å². The third-order valence-corrected chi connectivity index (χ3v) is 5.28. The maximum Gasteiger partial charge on any atom is 0.343 e. The second kappa shape index (κ2) is 7.70. The molecule has 0 saturated heterocycles. The number of ketones is 1. The summed E-state index contributed by atoms with van der Waals surface area (Å²) in [7, 11) is 3.55. The smallest absolute Gasteiger partial charge is 0.343 e. The van der Waals surface area contributed by atoms with E-state index >= 15 is 0 Å². The van der Waals surface area contributed by atoms with Gasteiger partial charge in [0.1, 0.15) is 17.2 Å². The molecule has 0 amide bonds. The van der Waals surface area contributed by atoms with Crippen LogP contribution in [-0.2, 0) is 7.05 Å². The number of ether oxygens (including phenoxy) is 3. The normalized spacial score (nSPS) is 13.8. The zero-order chi connectivity index (χ0) is 22.2. The highest BCUT2D eigenvalue weighted by Gasteiger charge is 2.28. The van der Waals surface area contributed by atoms with Gasteiger partial charge in [-0.15, -0.1) is 0 Å². The number of aryl methyl sites for hydroxylation is 1. The quantitative estimate of drug-likeness (QED) is 0.273. The van der Waals surface area contributed by atoms with Crippen LogP contribution in [0, 0.1) is 0 Å². The number of hydrogen-bond donors (Lipinski definition) is 0. The molecular weight excluding hydrogens is 408 g/mol. The summed E-state index contributed by atoms with van der Waals surface area (Å²) in [6.07, 6.45) is 6.67. The average Bonchev–Trinajstić information content (AvgIpc) is 3.29. The van der Waals surface area contributed by atoms with Gasteiger partial charge < -0.3 is 18.8 Å². The van der Waals surface area contributed by atoms with E-state index in [9.17, 15) is 9.59 Å². The first kappa shape index (κ1) is 19.6. The number of allylic oxidation sites excluding steroid dienone is 1. The van der Waals surface area contributed by atoms with Gasteiger partial charge in [0.25, 0.3) is 0 Å². The molecular formula is C25H18N2O5. The van der Waals surface area contributed by atoms with E-state index in [-0.39, 0.29) is 17.3 Å². The number of pyridine rings is 1. The molecule has 2 aromatic carbocycles. The van der Waals surface area contributed by atoms with E-state index < -0.39 is 5.97 Å². The predicted octanol–water partition coefficient (Wildman–Crippen LogP) is 4.42. The topological polar surface area (TPSA) is 79.7 Å². The molecule has 0 spiro atoms. The van der Waals surface area contributed by atoms with Crippen LogP contribution in [0.1, 0.15) is 26.3 Å². The van der Waals surface area contributed by atoms with E-state index in [0.717, 1.165) is 22.2 Å². The van der Waals surface area contributed by atoms with Gasteiger partial charge >= 0.3 is 5.97 Å². The number of carbonyl (C=O) groups excluding carboxylic acids is 2. The Labute approximate surface area is 183 Å². The van der Waals surface area contributed by atoms with Gasteiger partial charge in [-0.2, -0.15) is 0 Å². The Morgan fingerprint density at radius 3 is 2.62 bits per heavy atom. The minimum Gasteiger partial charge on any atom is -0.497 e. The summed E-state index contributed by atoms with van der Waals surface area (Å²) in [4.78, 5) is 29.0. The minimum atomic E-state index is -0.517. The molecule has 0 fully saturated rings. The lowest BCUT2D eigenvalue weighted by Crippen LogP contribution is -2.08. The van der Waals surface area contributed by atoms with E-state index in [1.807, 2.05) is 36.0 Å². The molecule has 5 rings (SSSR count). The summed E-state index contributed by atoms with van der Waals surface area (Å²) in [5.74, 6) is 0.816. The SMILES string of the molecule is COc1ccc2c(c1)c(/C=C1\Oc3cc(OC(=O)c4ccncc4)ccc3C1=O)cn2C. The van der Waals surface area contributed by atoms with Crippen molar-refractivity contribution in [3.63, 3.8) is 0 Å². The highest BCUT2D eigenvalue weighted by Crippen LogP contribution is 2.36. The number of esters is 1. The maximum absolute atomic E-state index is 12.9. The molecule has 0 unspecified atom stereocenters. The molecule has 0 atom stereocenters. The Kier molecular flexibility index (Phi) is 4.71. The molecule has 7 nitrogen and oxygen atoms in total. The van der Waals surface area contributed by atoms with Crippen molar-refractivity contribution in [3.8, 4) is 17.2 Å². The number of benzene rings is 2. The molecule has 2 aromatic heterocycles. The third kappa shape index (κ3) is 3.39. The highest BCUT2D eigenvalue weighted by molar-refractivity contribution is 6.15. The third-order valence-electron chi connectivity index (χ3n) is 5.28. The van der Waals surface area contributed by atoms with Crippen LogP contribution in [0.25, 0.3) is 17.0 Å². The van der Waals surface area contributed by atoms with Crippen molar-refractivity contribution in [2.75, 3.05) is 7.11 Å². The molecule has 0 aliphatic carbocycles. The van der Waals surface area contributed by atoms with E-state index in [0.29, 0.717) is 16.9 Å². The van der Waals surface area contributed by atoms with Crippen molar-refractivity contribution in [2.24, 2.45) is 7.05 Å². The second-order valence-corrected chi connectivity index (χ2v) is 7.30. The number of methoxy groups -OCH3 is 1. The monoisotopic (exact) mass is 426 g/mol. The van der Waals surface area contributed by atoms with Crippen LogP contribution in [0.15, 0.2) is 72.9 Å². The van der Waals surface area contributed by atoms with Crippen molar-refractivity contribution in [3.05, 3.63) is 89.6 Å². The van der Waals surface area contributed by atoms with Crippen LogP contribution < -0.4 is 14.2 Å². The Morgan fingerprint density at radius 2 is 1.84 bits per heavy atom. The summed E-state index contributed by atoms with van der Waals surface area (Å²) < 4.78 is 18.6. The van der Waals surface area contributed by atoms with Crippen LogP contribution in [0.2, 0.25) is 0 Å². The summed E-state index contributed by atoms with van der Waals surface area (Å²) in [5.41, 5.74) is 2.63. The average molecular weight is 426 g/mol. The van der Waals surface area contributed by atoms with Crippen LogP contribution >= 0.6 is 0 Å². The first-order valence-corrected chi connectivity index (χ1v) is 9.87. The minimum absolute atomic E-state index is 0.202. The largest absolute Gasteiger partial charge is 0.497 e.